The maximum absolute atomic E-state index is 11.6. The zero-order chi connectivity index (χ0) is 18.8. The van der Waals surface area contributed by atoms with Gasteiger partial charge >= 0.3 is 0 Å². The van der Waals surface area contributed by atoms with Crippen LogP contribution in [0.15, 0.2) is 0 Å². The van der Waals surface area contributed by atoms with E-state index in [1.165, 1.54) is 21.6 Å². The molecule has 0 aromatic heterocycles. The molecule has 4 amide bonds. The van der Waals surface area contributed by atoms with Gasteiger partial charge in [0.25, 0.3) is 0 Å². The van der Waals surface area contributed by atoms with Gasteiger partial charge in [-0.1, -0.05) is 21.6 Å². The van der Waals surface area contributed by atoms with Crippen LogP contribution in [0.25, 0.3) is 0 Å². The number of amides is 4. The van der Waals surface area contributed by atoms with Crippen molar-refractivity contribution in [3.63, 3.8) is 0 Å². The molecule has 26 heavy (non-hydrogen) atoms. The van der Waals surface area contributed by atoms with E-state index in [1.807, 2.05) is 0 Å². The van der Waals surface area contributed by atoms with Crippen molar-refractivity contribution in [1.29, 1.82) is 0 Å². The van der Waals surface area contributed by atoms with E-state index in [0.29, 0.717) is 36.4 Å². The first-order chi connectivity index (χ1) is 12.5. The van der Waals surface area contributed by atoms with Gasteiger partial charge in [0.2, 0.25) is 23.6 Å². The largest absolute Gasteiger partial charge is 0.352 e. The lowest BCUT2D eigenvalue weighted by atomic mass is 10.4. The van der Waals surface area contributed by atoms with Crippen LogP contribution in [0.5, 0.6) is 0 Å². The van der Waals surface area contributed by atoms with Crippen molar-refractivity contribution in [3.05, 3.63) is 0 Å². The molecule has 0 atom stereocenters. The van der Waals surface area contributed by atoms with Gasteiger partial charge in [-0.25, -0.2) is 0 Å². The third kappa shape index (κ3) is 10.5. The molecule has 2 aliphatic rings. The lowest BCUT2D eigenvalue weighted by Crippen LogP contribution is -2.38. The van der Waals surface area contributed by atoms with Crippen LogP contribution in [0, 0.1) is 0 Å². The number of rotatable bonds is 13. The molecule has 2 rings (SSSR count). The minimum absolute atomic E-state index is 0.0294. The van der Waals surface area contributed by atoms with Gasteiger partial charge < -0.3 is 21.3 Å². The average molecular weight is 403 g/mol. The van der Waals surface area contributed by atoms with Gasteiger partial charge in [-0.3, -0.25) is 19.2 Å². The molecule has 0 aromatic rings. The van der Waals surface area contributed by atoms with Crippen molar-refractivity contribution in [2.75, 3.05) is 24.6 Å². The van der Waals surface area contributed by atoms with Crippen molar-refractivity contribution >= 4 is 45.2 Å². The highest BCUT2D eigenvalue weighted by molar-refractivity contribution is 8.76. The van der Waals surface area contributed by atoms with Gasteiger partial charge in [-0.2, -0.15) is 0 Å². The lowest BCUT2D eigenvalue weighted by molar-refractivity contribution is -0.125. The second-order valence-electron chi connectivity index (χ2n) is 6.38. The Morgan fingerprint density at radius 3 is 1.38 bits per heavy atom. The predicted octanol–water partition coefficient (Wildman–Crippen LogP) is -0.0624. The molecule has 0 heterocycles. The summed E-state index contributed by atoms with van der Waals surface area (Å²) in [6.07, 6.45) is 4.78. The zero-order valence-corrected chi connectivity index (χ0v) is 16.3. The second kappa shape index (κ2) is 11.3. The Morgan fingerprint density at radius 2 is 1.04 bits per heavy atom. The molecular weight excluding hydrogens is 376 g/mol. The van der Waals surface area contributed by atoms with Gasteiger partial charge in [0.05, 0.1) is 13.1 Å². The first-order valence-electron chi connectivity index (χ1n) is 8.89. The SMILES string of the molecule is O=C(CCSSCCC(=O)NCC(=O)NC1CC1)NCC(=O)NC1CC1. The quantitative estimate of drug-likeness (QED) is 0.253. The topological polar surface area (TPSA) is 116 Å². The van der Waals surface area contributed by atoms with Gasteiger partial charge in [-0.05, 0) is 25.7 Å². The van der Waals surface area contributed by atoms with E-state index in [4.69, 9.17) is 0 Å². The summed E-state index contributed by atoms with van der Waals surface area (Å²) in [6, 6.07) is 0.604. The fourth-order valence-electron chi connectivity index (χ4n) is 1.93. The van der Waals surface area contributed by atoms with Gasteiger partial charge in [-0.15, -0.1) is 0 Å². The van der Waals surface area contributed by atoms with Crippen LogP contribution < -0.4 is 21.3 Å². The van der Waals surface area contributed by atoms with Crippen LogP contribution in [-0.4, -0.2) is 60.3 Å². The highest BCUT2D eigenvalue weighted by atomic mass is 33.1. The molecule has 0 saturated heterocycles. The Hall–Kier alpha value is -1.42. The number of hydrogen-bond donors (Lipinski definition) is 4. The molecule has 0 aromatic carbocycles. The zero-order valence-electron chi connectivity index (χ0n) is 14.7. The summed E-state index contributed by atoms with van der Waals surface area (Å²) >= 11 is 0. The lowest BCUT2D eigenvalue weighted by Gasteiger charge is -2.06. The summed E-state index contributed by atoms with van der Waals surface area (Å²) in [5.41, 5.74) is 0. The third-order valence-corrected chi connectivity index (χ3v) is 6.09. The standard InChI is InChI=1S/C16H26N4O4S2/c21-13(17-9-15(23)19-11-1-2-11)5-7-25-26-8-6-14(22)18-10-16(24)20-12-3-4-12/h11-12H,1-10H2,(H,17,21)(H,18,22)(H,19,23)(H,20,24). The van der Waals surface area contributed by atoms with E-state index in [-0.39, 0.29) is 36.7 Å². The van der Waals surface area contributed by atoms with Gasteiger partial charge in [0, 0.05) is 36.4 Å². The Labute approximate surface area is 161 Å². The summed E-state index contributed by atoms with van der Waals surface area (Å²) < 4.78 is 0. The van der Waals surface area contributed by atoms with E-state index in [1.54, 1.807) is 0 Å². The van der Waals surface area contributed by atoms with E-state index in [9.17, 15) is 19.2 Å². The summed E-state index contributed by atoms with van der Waals surface area (Å²) in [6.45, 7) is 0.0588. The molecule has 4 N–H and O–H groups in total. The first kappa shape index (κ1) is 20.9. The molecular formula is C16H26N4O4S2. The van der Waals surface area contributed by atoms with E-state index in [0.717, 1.165) is 25.7 Å². The Kier molecular flexibility index (Phi) is 9.10. The number of carbonyl (C=O) groups excluding carboxylic acids is 4. The maximum atomic E-state index is 11.6. The predicted molar refractivity (Wildman–Crippen MR) is 102 cm³/mol. The van der Waals surface area contributed by atoms with Gasteiger partial charge in [0.1, 0.15) is 0 Å². The molecule has 0 unspecified atom stereocenters. The maximum Gasteiger partial charge on any atom is 0.239 e. The van der Waals surface area contributed by atoms with Crippen molar-refractivity contribution in [3.8, 4) is 0 Å². The minimum Gasteiger partial charge on any atom is -0.352 e. The Balaban J connectivity index is 1.36. The fraction of sp³-hybridized carbons (Fsp3) is 0.750. The molecule has 0 bridgehead atoms. The molecule has 2 saturated carbocycles. The number of carbonyl (C=O) groups is 4. The Morgan fingerprint density at radius 1 is 0.654 bits per heavy atom. The molecule has 10 heteroatoms. The molecule has 2 aliphatic carbocycles. The van der Waals surface area contributed by atoms with Crippen molar-refractivity contribution in [2.24, 2.45) is 0 Å². The first-order valence-corrected chi connectivity index (χ1v) is 11.4. The normalized spacial score (nSPS) is 15.8. The highest BCUT2D eigenvalue weighted by Gasteiger charge is 2.23. The Bertz CT molecular complexity index is 478. The molecule has 2 fully saturated rings. The molecule has 0 aliphatic heterocycles. The minimum atomic E-state index is -0.150. The molecule has 0 radical (unpaired) electrons. The van der Waals surface area contributed by atoms with Crippen LogP contribution in [0.1, 0.15) is 38.5 Å². The van der Waals surface area contributed by atoms with Crippen molar-refractivity contribution in [1.82, 2.24) is 21.3 Å². The van der Waals surface area contributed by atoms with E-state index >= 15 is 0 Å². The summed E-state index contributed by atoms with van der Waals surface area (Å²) in [5.74, 6) is 0.657. The van der Waals surface area contributed by atoms with Crippen molar-refractivity contribution in [2.45, 2.75) is 50.6 Å². The van der Waals surface area contributed by atoms with Crippen LogP contribution in [0.2, 0.25) is 0 Å². The average Bonchev–Trinajstić information content (AvgIpc) is 3.51. The second-order valence-corrected chi connectivity index (χ2v) is 9.08. The van der Waals surface area contributed by atoms with Gasteiger partial charge in [0.15, 0.2) is 0 Å². The van der Waals surface area contributed by atoms with Crippen LogP contribution in [0.4, 0.5) is 0 Å². The van der Waals surface area contributed by atoms with Crippen LogP contribution >= 0.6 is 21.6 Å². The van der Waals surface area contributed by atoms with E-state index < -0.39 is 0 Å². The third-order valence-electron chi connectivity index (χ3n) is 3.69. The van der Waals surface area contributed by atoms with Crippen LogP contribution in [-0.2, 0) is 19.2 Å². The van der Waals surface area contributed by atoms with E-state index in [2.05, 4.69) is 21.3 Å². The van der Waals surface area contributed by atoms with Crippen LogP contribution in [0.3, 0.4) is 0 Å². The molecule has 146 valence electrons. The smallest absolute Gasteiger partial charge is 0.239 e. The van der Waals surface area contributed by atoms with Crippen molar-refractivity contribution < 1.29 is 19.2 Å². The fourth-order valence-corrected chi connectivity index (χ4v) is 3.91. The summed E-state index contributed by atoms with van der Waals surface area (Å²) in [4.78, 5) is 46.1. The monoisotopic (exact) mass is 402 g/mol. The summed E-state index contributed by atoms with van der Waals surface area (Å²) in [7, 11) is 3.03. The number of hydrogen-bond acceptors (Lipinski definition) is 6. The molecule has 8 nitrogen and oxygen atoms in total. The highest BCUT2D eigenvalue weighted by Crippen LogP contribution is 2.22. The summed E-state index contributed by atoms with van der Waals surface area (Å²) in [5, 5.41) is 10.8. The molecule has 0 spiro atoms. The number of nitrogens with one attached hydrogen (secondary N) is 4.